The van der Waals surface area contributed by atoms with Gasteiger partial charge in [0.25, 0.3) is 0 Å². The zero-order valence-corrected chi connectivity index (χ0v) is 29.0. The molecule has 2 aromatic heterocycles. The van der Waals surface area contributed by atoms with E-state index >= 15 is 0 Å². The number of carboxylic acids is 1. The van der Waals surface area contributed by atoms with E-state index in [0.29, 0.717) is 36.4 Å². The lowest BCUT2D eigenvalue weighted by Gasteiger charge is -2.35. The molecule has 1 atom stereocenters. The fourth-order valence-corrected chi connectivity index (χ4v) is 6.60. The van der Waals surface area contributed by atoms with Crippen molar-refractivity contribution in [1.29, 1.82) is 0 Å². The van der Waals surface area contributed by atoms with Crippen LogP contribution in [0.2, 0.25) is 0 Å². The summed E-state index contributed by atoms with van der Waals surface area (Å²) in [5.41, 5.74) is 5.56. The summed E-state index contributed by atoms with van der Waals surface area (Å²) in [6, 6.07) is 15.5. The molecule has 2 aliphatic rings. The molecule has 4 aromatic rings. The van der Waals surface area contributed by atoms with Crippen LogP contribution >= 0.6 is 11.9 Å². The summed E-state index contributed by atoms with van der Waals surface area (Å²) in [4.78, 5) is 33.5. The van der Waals surface area contributed by atoms with Crippen molar-refractivity contribution < 1.29 is 14.6 Å². The van der Waals surface area contributed by atoms with Gasteiger partial charge in [-0.25, -0.2) is 14.8 Å². The van der Waals surface area contributed by atoms with Crippen molar-refractivity contribution in [3.8, 4) is 17.1 Å². The van der Waals surface area contributed by atoms with Gasteiger partial charge in [0.1, 0.15) is 12.4 Å². The molecule has 252 valence electrons. The summed E-state index contributed by atoms with van der Waals surface area (Å²) in [5, 5.41) is 13.1. The molecule has 0 spiro atoms. The molecule has 10 nitrogen and oxygen atoms in total. The first kappa shape index (κ1) is 33.7. The number of aromatic carboxylic acids is 1. The number of carbonyl (C=O) groups is 1. The molecule has 2 fully saturated rings. The van der Waals surface area contributed by atoms with Gasteiger partial charge in [-0.2, -0.15) is 4.98 Å². The Hall–Kier alpha value is -4.22. The molecule has 0 aliphatic heterocycles. The minimum absolute atomic E-state index is 0.0837. The van der Waals surface area contributed by atoms with E-state index in [4.69, 9.17) is 19.7 Å². The standard InChI is InChI=1S/C37H45N7O3S/c1-24-8-5-9-25(2)34(24)31-19-33(42-36(41-31)43-48-30-13-6-10-26(18-30)35(45)46)47-23-27(14-15-37(3)16-17-37)39-21-28-20-38-22-32(40-28)44(4)29-11-7-12-29/h5-6,8-10,13,18-20,22,27,29,39H,7,11-12,14-17,21,23H2,1-4H3,(H,45,46)(H,41,42,43). The Morgan fingerprint density at radius 2 is 1.85 bits per heavy atom. The monoisotopic (exact) mass is 667 g/mol. The van der Waals surface area contributed by atoms with Gasteiger partial charge in [0.15, 0.2) is 0 Å². The van der Waals surface area contributed by atoms with E-state index in [9.17, 15) is 9.90 Å². The number of nitrogens with one attached hydrogen (secondary N) is 2. The molecule has 0 saturated heterocycles. The van der Waals surface area contributed by atoms with Gasteiger partial charge in [-0.05, 0) is 105 Å². The van der Waals surface area contributed by atoms with Crippen LogP contribution in [0.1, 0.15) is 79.0 Å². The molecular formula is C37H45N7O3S. The summed E-state index contributed by atoms with van der Waals surface area (Å²) in [6.07, 6.45) is 12.0. The van der Waals surface area contributed by atoms with Crippen LogP contribution in [0.3, 0.4) is 0 Å². The lowest BCUT2D eigenvalue weighted by Crippen LogP contribution is -2.38. The van der Waals surface area contributed by atoms with Gasteiger partial charge in [0, 0.05) is 48.4 Å². The number of aromatic nitrogens is 4. The number of ether oxygens (including phenoxy) is 1. The molecule has 2 aromatic carbocycles. The number of nitrogens with zero attached hydrogens (tertiary/aromatic N) is 5. The number of aryl methyl sites for hydroxylation is 2. The third kappa shape index (κ3) is 8.62. The molecule has 6 rings (SSSR count). The molecule has 2 aliphatic carbocycles. The Morgan fingerprint density at radius 1 is 1.08 bits per heavy atom. The van der Waals surface area contributed by atoms with Crippen LogP contribution in [0.4, 0.5) is 11.8 Å². The van der Waals surface area contributed by atoms with Crippen molar-refractivity contribution in [2.75, 3.05) is 23.3 Å². The molecular weight excluding hydrogens is 623 g/mol. The van der Waals surface area contributed by atoms with Crippen molar-refractivity contribution in [2.45, 2.75) is 89.2 Å². The van der Waals surface area contributed by atoms with E-state index in [-0.39, 0.29) is 11.6 Å². The van der Waals surface area contributed by atoms with Crippen LogP contribution in [0.15, 0.2) is 65.8 Å². The number of hydrogen-bond donors (Lipinski definition) is 3. The van der Waals surface area contributed by atoms with Gasteiger partial charge < -0.3 is 20.1 Å². The highest BCUT2D eigenvalue weighted by Crippen LogP contribution is 2.49. The Morgan fingerprint density at radius 3 is 2.56 bits per heavy atom. The van der Waals surface area contributed by atoms with E-state index in [1.165, 1.54) is 44.1 Å². The van der Waals surface area contributed by atoms with Crippen molar-refractivity contribution in [1.82, 2.24) is 25.3 Å². The van der Waals surface area contributed by atoms with Gasteiger partial charge in [-0.15, -0.1) is 0 Å². The Labute approximate surface area is 287 Å². The number of benzene rings is 2. The fourth-order valence-electron chi connectivity index (χ4n) is 5.96. The summed E-state index contributed by atoms with van der Waals surface area (Å²) >= 11 is 1.26. The van der Waals surface area contributed by atoms with Crippen molar-refractivity contribution >= 4 is 29.7 Å². The van der Waals surface area contributed by atoms with E-state index in [1.54, 1.807) is 18.2 Å². The average molecular weight is 668 g/mol. The highest BCUT2D eigenvalue weighted by Gasteiger charge is 2.37. The lowest BCUT2D eigenvalue weighted by atomic mass is 9.92. The van der Waals surface area contributed by atoms with Gasteiger partial charge in [0.2, 0.25) is 11.8 Å². The van der Waals surface area contributed by atoms with Crippen LogP contribution in [0.5, 0.6) is 5.88 Å². The highest BCUT2D eigenvalue weighted by atomic mass is 32.2. The predicted octanol–water partition coefficient (Wildman–Crippen LogP) is 7.47. The van der Waals surface area contributed by atoms with Crippen LogP contribution in [0.25, 0.3) is 11.3 Å². The van der Waals surface area contributed by atoms with E-state index < -0.39 is 5.97 Å². The summed E-state index contributed by atoms with van der Waals surface area (Å²) in [6.45, 7) is 7.54. The molecule has 11 heteroatoms. The maximum atomic E-state index is 11.5. The normalized spacial score (nSPS) is 15.8. The Kier molecular flexibility index (Phi) is 10.5. The Balaban J connectivity index is 1.19. The second-order valence-electron chi connectivity index (χ2n) is 13.5. The maximum absolute atomic E-state index is 11.5. The van der Waals surface area contributed by atoms with E-state index in [1.807, 2.05) is 30.6 Å². The quantitative estimate of drug-likeness (QED) is 0.103. The van der Waals surface area contributed by atoms with Gasteiger partial charge >= 0.3 is 5.97 Å². The minimum Gasteiger partial charge on any atom is -0.478 e. The third-order valence-corrected chi connectivity index (χ3v) is 10.4. The zero-order chi connectivity index (χ0) is 33.7. The van der Waals surface area contributed by atoms with E-state index in [2.05, 4.69) is 59.9 Å². The second kappa shape index (κ2) is 14.9. The van der Waals surface area contributed by atoms with Gasteiger partial charge in [-0.1, -0.05) is 31.2 Å². The van der Waals surface area contributed by atoms with Crippen molar-refractivity contribution in [3.05, 3.63) is 83.3 Å². The zero-order valence-electron chi connectivity index (χ0n) is 28.2. The van der Waals surface area contributed by atoms with Crippen LogP contribution in [-0.2, 0) is 6.54 Å². The summed E-state index contributed by atoms with van der Waals surface area (Å²) in [7, 11) is 2.11. The van der Waals surface area contributed by atoms with Crippen molar-refractivity contribution in [3.63, 3.8) is 0 Å². The summed E-state index contributed by atoms with van der Waals surface area (Å²) in [5.74, 6) is 0.804. The largest absolute Gasteiger partial charge is 0.478 e. The van der Waals surface area contributed by atoms with Gasteiger partial charge in [-0.3, -0.25) is 9.71 Å². The molecule has 48 heavy (non-hydrogen) atoms. The Bertz CT molecular complexity index is 1720. The van der Waals surface area contributed by atoms with Crippen LogP contribution in [-0.4, -0.2) is 56.7 Å². The first-order valence-corrected chi connectivity index (χ1v) is 17.6. The molecule has 2 saturated carbocycles. The minimum atomic E-state index is -0.971. The van der Waals surface area contributed by atoms with Crippen molar-refractivity contribution in [2.24, 2.45) is 5.41 Å². The molecule has 3 N–H and O–H groups in total. The molecule has 0 radical (unpaired) electrons. The number of hydrogen-bond acceptors (Lipinski definition) is 10. The lowest BCUT2D eigenvalue weighted by molar-refractivity contribution is 0.0696. The van der Waals surface area contributed by atoms with Crippen LogP contribution in [0, 0.1) is 19.3 Å². The van der Waals surface area contributed by atoms with Crippen LogP contribution < -0.4 is 19.7 Å². The topological polar surface area (TPSA) is 125 Å². The maximum Gasteiger partial charge on any atom is 0.335 e. The predicted molar refractivity (Wildman–Crippen MR) is 191 cm³/mol. The fraction of sp³-hybridized carbons (Fsp3) is 0.432. The average Bonchev–Trinajstić information content (AvgIpc) is 3.79. The molecule has 0 amide bonds. The second-order valence-corrected chi connectivity index (χ2v) is 14.4. The first-order chi connectivity index (χ1) is 23.2. The number of carboxylic acid groups (broad SMARTS) is 1. The summed E-state index contributed by atoms with van der Waals surface area (Å²) < 4.78 is 9.68. The van der Waals surface area contributed by atoms with E-state index in [0.717, 1.165) is 51.6 Å². The highest BCUT2D eigenvalue weighted by molar-refractivity contribution is 8.00. The first-order valence-electron chi connectivity index (χ1n) is 16.8. The SMILES string of the molecule is Cc1cccc(C)c1-c1cc(OCC(CCC2(C)CC2)NCc2cncc(N(C)C3CCC3)n2)nc(NSc2cccc(C(=O)O)c2)n1. The molecule has 2 heterocycles. The number of anilines is 2. The smallest absolute Gasteiger partial charge is 0.335 e. The number of rotatable bonds is 16. The third-order valence-electron chi connectivity index (χ3n) is 9.64. The molecule has 0 bridgehead atoms. The molecule has 1 unspecified atom stereocenters. The van der Waals surface area contributed by atoms with Gasteiger partial charge in [0.05, 0.1) is 23.1 Å².